The predicted molar refractivity (Wildman–Crippen MR) is 122 cm³/mol. The molecule has 3 atom stereocenters. The van der Waals surface area contributed by atoms with Gasteiger partial charge in [0.1, 0.15) is 30.1 Å². The maximum absolute atomic E-state index is 6.24. The molecule has 3 aromatic rings. The number of likely N-dealkylation sites (tertiary alicyclic amines) is 1. The third-order valence-corrected chi connectivity index (χ3v) is 7.80. The van der Waals surface area contributed by atoms with E-state index in [0.29, 0.717) is 12.5 Å². The van der Waals surface area contributed by atoms with Gasteiger partial charge in [0.25, 0.3) is 0 Å². The number of aromatic amines is 1. The molecule has 7 rings (SSSR count). The van der Waals surface area contributed by atoms with Crippen LogP contribution in [-0.4, -0.2) is 57.8 Å². The molecule has 5 heterocycles. The zero-order valence-corrected chi connectivity index (χ0v) is 18.2. The van der Waals surface area contributed by atoms with E-state index in [1.54, 1.807) is 6.33 Å². The Morgan fingerprint density at radius 3 is 2.97 bits per heavy atom. The van der Waals surface area contributed by atoms with Crippen LogP contribution in [0.25, 0.3) is 11.0 Å². The molecule has 0 bridgehead atoms. The van der Waals surface area contributed by atoms with Gasteiger partial charge in [0.2, 0.25) is 0 Å². The molecule has 2 saturated heterocycles. The molecule has 1 aliphatic carbocycles. The Bertz CT molecular complexity index is 1150. The largest absolute Gasteiger partial charge is 0.491 e. The van der Waals surface area contributed by atoms with Gasteiger partial charge in [-0.25, -0.2) is 9.97 Å². The number of ether oxygens (including phenoxy) is 2. The number of benzene rings is 1. The normalized spacial score (nSPS) is 30.0. The lowest BCUT2D eigenvalue weighted by atomic mass is 9.94. The average Bonchev–Trinajstić information content (AvgIpc) is 3.22. The van der Waals surface area contributed by atoms with E-state index in [4.69, 9.17) is 9.47 Å². The van der Waals surface area contributed by atoms with Crippen LogP contribution in [0.15, 0.2) is 36.7 Å². The molecule has 3 aliphatic heterocycles. The van der Waals surface area contributed by atoms with Gasteiger partial charge < -0.3 is 19.8 Å². The van der Waals surface area contributed by atoms with Crippen molar-refractivity contribution in [3.8, 4) is 5.75 Å². The molecule has 1 saturated carbocycles. The Balaban J connectivity index is 1.24. The number of fused-ring (bicyclic) bond motifs is 2. The van der Waals surface area contributed by atoms with E-state index in [2.05, 4.69) is 49.4 Å². The second kappa shape index (κ2) is 7.18. The Hall–Kier alpha value is -2.64. The van der Waals surface area contributed by atoms with Crippen LogP contribution < -0.4 is 10.1 Å². The minimum atomic E-state index is 0.0451. The summed E-state index contributed by atoms with van der Waals surface area (Å²) in [4.78, 5) is 15.3. The fourth-order valence-electron chi connectivity index (χ4n) is 5.91. The summed E-state index contributed by atoms with van der Waals surface area (Å²) in [6.45, 7) is 3.59. The van der Waals surface area contributed by atoms with Crippen molar-refractivity contribution in [2.24, 2.45) is 0 Å². The van der Waals surface area contributed by atoms with Crippen LogP contribution in [0.3, 0.4) is 0 Å². The lowest BCUT2D eigenvalue weighted by Crippen LogP contribution is -2.48. The summed E-state index contributed by atoms with van der Waals surface area (Å²) in [5.41, 5.74) is 3.44. The summed E-state index contributed by atoms with van der Waals surface area (Å²) in [7, 11) is 0. The van der Waals surface area contributed by atoms with Gasteiger partial charge in [0.05, 0.1) is 23.1 Å². The van der Waals surface area contributed by atoms with Gasteiger partial charge in [-0.05, 0) is 50.2 Å². The van der Waals surface area contributed by atoms with E-state index in [0.717, 1.165) is 48.7 Å². The van der Waals surface area contributed by atoms with Crippen LogP contribution in [0, 0.1) is 0 Å². The van der Waals surface area contributed by atoms with E-state index >= 15 is 0 Å². The van der Waals surface area contributed by atoms with Gasteiger partial charge in [0.15, 0.2) is 0 Å². The second-order valence-electron chi connectivity index (χ2n) is 9.88. The van der Waals surface area contributed by atoms with Crippen LogP contribution in [0.2, 0.25) is 0 Å². The number of nitrogens with one attached hydrogen (secondary N) is 2. The van der Waals surface area contributed by atoms with Gasteiger partial charge in [-0.1, -0.05) is 18.2 Å². The van der Waals surface area contributed by atoms with Crippen LogP contribution in [0.1, 0.15) is 55.3 Å². The van der Waals surface area contributed by atoms with E-state index in [9.17, 15) is 0 Å². The molecule has 7 heteroatoms. The Morgan fingerprint density at radius 2 is 2.09 bits per heavy atom. The number of nitrogens with zero attached hydrogens (tertiary/aromatic N) is 3. The molecular formula is C25H29N5O2. The molecule has 0 unspecified atom stereocenters. The molecule has 32 heavy (non-hydrogen) atoms. The number of hydrogen-bond acceptors (Lipinski definition) is 6. The predicted octanol–water partition coefficient (Wildman–Crippen LogP) is 4.00. The van der Waals surface area contributed by atoms with Crippen LogP contribution in [0.4, 0.5) is 5.82 Å². The standard InChI is InChI=1S/C25H29N5O2/c1-2-5-21-17(4-1)22(20(13-31-21)30-10-9-25(14-30)8-3-11-32-25)29-24-18-12-19(16-6-7-16)28-23(18)26-15-27-24/h1-2,4-5,12,15-16,20,22H,3,6-11,13-14H2,(H2,26,27,28,29)/t20-,22-,25+/m0/s1. The molecular weight excluding hydrogens is 402 g/mol. The van der Waals surface area contributed by atoms with Crippen molar-refractivity contribution in [3.05, 3.63) is 47.9 Å². The third kappa shape index (κ3) is 3.10. The van der Waals surface area contributed by atoms with Crippen molar-refractivity contribution in [3.63, 3.8) is 0 Å². The van der Waals surface area contributed by atoms with Gasteiger partial charge in [-0.15, -0.1) is 0 Å². The van der Waals surface area contributed by atoms with Crippen molar-refractivity contribution in [1.82, 2.24) is 19.9 Å². The van der Waals surface area contributed by atoms with E-state index in [-0.39, 0.29) is 17.7 Å². The lowest BCUT2D eigenvalue weighted by Gasteiger charge is -2.40. The van der Waals surface area contributed by atoms with E-state index in [1.807, 2.05) is 6.07 Å². The quantitative estimate of drug-likeness (QED) is 0.650. The smallest absolute Gasteiger partial charge is 0.143 e. The van der Waals surface area contributed by atoms with Gasteiger partial charge in [-0.3, -0.25) is 4.90 Å². The van der Waals surface area contributed by atoms with Crippen molar-refractivity contribution in [2.45, 2.75) is 55.7 Å². The van der Waals surface area contributed by atoms with E-state index < -0.39 is 0 Å². The SMILES string of the molecule is c1ccc2c(c1)OC[C@H](N1CC[C@]3(CCCO3)C1)[C@H]2Nc1ncnc2[nH]c(C3CC3)cc12. The maximum Gasteiger partial charge on any atom is 0.143 e. The molecule has 3 fully saturated rings. The number of para-hydroxylation sites is 1. The number of anilines is 1. The van der Waals surface area contributed by atoms with Crippen molar-refractivity contribution < 1.29 is 9.47 Å². The fourth-order valence-corrected chi connectivity index (χ4v) is 5.91. The number of rotatable bonds is 4. The first-order chi connectivity index (χ1) is 15.8. The highest BCUT2D eigenvalue weighted by Gasteiger charge is 2.46. The molecule has 2 aromatic heterocycles. The Morgan fingerprint density at radius 1 is 1.16 bits per heavy atom. The van der Waals surface area contributed by atoms with Gasteiger partial charge in [-0.2, -0.15) is 0 Å². The van der Waals surface area contributed by atoms with Crippen LogP contribution >= 0.6 is 0 Å². The first kappa shape index (κ1) is 18.9. The monoisotopic (exact) mass is 431 g/mol. The first-order valence-electron chi connectivity index (χ1n) is 12.0. The van der Waals surface area contributed by atoms with Crippen LogP contribution in [-0.2, 0) is 4.74 Å². The topological polar surface area (TPSA) is 75.3 Å². The maximum atomic E-state index is 6.24. The van der Waals surface area contributed by atoms with E-state index in [1.165, 1.54) is 36.9 Å². The highest BCUT2D eigenvalue weighted by atomic mass is 16.5. The first-order valence-corrected chi connectivity index (χ1v) is 12.0. The molecule has 1 aromatic carbocycles. The van der Waals surface area contributed by atoms with Crippen LogP contribution in [0.5, 0.6) is 5.75 Å². The van der Waals surface area contributed by atoms with Crippen molar-refractivity contribution >= 4 is 16.9 Å². The molecule has 0 radical (unpaired) electrons. The van der Waals surface area contributed by atoms with Crippen molar-refractivity contribution in [2.75, 3.05) is 31.6 Å². The lowest BCUT2D eigenvalue weighted by molar-refractivity contribution is 0.00442. The third-order valence-electron chi connectivity index (χ3n) is 7.80. The highest BCUT2D eigenvalue weighted by molar-refractivity contribution is 5.88. The zero-order chi connectivity index (χ0) is 21.1. The van der Waals surface area contributed by atoms with Gasteiger partial charge >= 0.3 is 0 Å². The molecule has 2 N–H and O–H groups in total. The molecule has 7 nitrogen and oxygen atoms in total. The molecule has 4 aliphatic rings. The second-order valence-corrected chi connectivity index (χ2v) is 9.88. The minimum Gasteiger partial charge on any atom is -0.491 e. The fraction of sp³-hybridized carbons (Fsp3) is 0.520. The van der Waals surface area contributed by atoms with Gasteiger partial charge in [0, 0.05) is 31.0 Å². The molecule has 166 valence electrons. The Labute approximate surface area is 187 Å². The summed E-state index contributed by atoms with van der Waals surface area (Å²) >= 11 is 0. The summed E-state index contributed by atoms with van der Waals surface area (Å²) in [5, 5.41) is 4.90. The summed E-state index contributed by atoms with van der Waals surface area (Å²) in [6.07, 6.45) is 7.64. The Kier molecular flexibility index (Phi) is 4.24. The zero-order valence-electron chi connectivity index (χ0n) is 18.2. The number of aromatic nitrogens is 3. The summed E-state index contributed by atoms with van der Waals surface area (Å²) < 4.78 is 12.4. The summed E-state index contributed by atoms with van der Waals surface area (Å²) in [5.74, 6) is 2.52. The average molecular weight is 432 g/mol. The molecule has 1 spiro atoms. The number of H-pyrrole nitrogens is 1. The minimum absolute atomic E-state index is 0.0451. The summed E-state index contributed by atoms with van der Waals surface area (Å²) in [6, 6.07) is 11.0. The highest BCUT2D eigenvalue weighted by Crippen LogP contribution is 2.43. The number of hydrogen-bond donors (Lipinski definition) is 2. The van der Waals surface area contributed by atoms with Crippen molar-refractivity contribution in [1.29, 1.82) is 0 Å². The molecule has 0 amide bonds.